The van der Waals surface area contributed by atoms with Crippen LogP contribution in [0.2, 0.25) is 0 Å². The Balaban J connectivity index is 1.98. The Hall–Kier alpha value is -1.93. The lowest BCUT2D eigenvalue weighted by molar-refractivity contribution is -0.586. The van der Waals surface area contributed by atoms with Gasteiger partial charge in [0.25, 0.3) is 5.01 Å². The number of hydrogen-bond acceptors (Lipinski definition) is 1. The molecule has 2 aromatic carbocycles. The fraction of sp³-hybridized carbons (Fsp3) is 0.400. The monoisotopic (exact) mass is 376 g/mol. The summed E-state index contributed by atoms with van der Waals surface area (Å²) in [5.41, 5.74) is 8.26. The van der Waals surface area contributed by atoms with Crippen LogP contribution < -0.4 is 4.57 Å². The first-order valence-corrected chi connectivity index (χ1v) is 11.1. The highest BCUT2D eigenvalue weighted by Crippen LogP contribution is 2.41. The normalized spacial score (nSPS) is 15.3. The Kier molecular flexibility index (Phi) is 5.19. The van der Waals surface area contributed by atoms with Crippen LogP contribution in [0.15, 0.2) is 42.5 Å². The van der Waals surface area contributed by atoms with E-state index in [1.165, 1.54) is 70.7 Å². The fourth-order valence-corrected chi connectivity index (χ4v) is 6.25. The fourth-order valence-electron chi connectivity index (χ4n) is 4.65. The van der Waals surface area contributed by atoms with Crippen molar-refractivity contribution in [2.45, 2.75) is 65.7 Å². The van der Waals surface area contributed by atoms with Gasteiger partial charge in [0, 0.05) is 18.6 Å². The van der Waals surface area contributed by atoms with Gasteiger partial charge in [0.15, 0.2) is 5.69 Å². The van der Waals surface area contributed by atoms with Gasteiger partial charge in [-0.2, -0.15) is 0 Å². The number of benzene rings is 2. The van der Waals surface area contributed by atoms with Crippen LogP contribution in [-0.2, 0) is 0 Å². The lowest BCUT2D eigenvalue weighted by Crippen LogP contribution is -2.35. The van der Waals surface area contributed by atoms with E-state index in [1.54, 1.807) is 4.88 Å². The SMILES string of the molecule is Cc1ccccc1-[n+]1c(-c2c(C)cccc2C)sc(C2CCCCC2)c1C. The van der Waals surface area contributed by atoms with E-state index in [1.807, 2.05) is 11.3 Å². The van der Waals surface area contributed by atoms with E-state index in [4.69, 9.17) is 0 Å². The average Bonchev–Trinajstić information content (AvgIpc) is 3.00. The van der Waals surface area contributed by atoms with Gasteiger partial charge in [-0.05, 0) is 50.7 Å². The molecule has 0 aliphatic heterocycles. The van der Waals surface area contributed by atoms with Crippen molar-refractivity contribution in [3.63, 3.8) is 0 Å². The molecule has 140 valence electrons. The molecule has 2 heteroatoms. The standard InChI is InChI=1S/C25H30NS/c1-17-11-8-9-16-22(17)26-20(4)24(21-14-6-5-7-15-21)27-25(26)23-18(2)12-10-13-19(23)3/h8-13,16,21H,5-7,14-15H2,1-4H3/q+1. The molecule has 0 unspecified atom stereocenters. The maximum atomic E-state index is 2.54. The molecule has 4 rings (SSSR count). The van der Waals surface area contributed by atoms with E-state index < -0.39 is 0 Å². The largest absolute Gasteiger partial charge is 0.275 e. The minimum absolute atomic E-state index is 0.733. The molecule has 1 heterocycles. The molecule has 0 amide bonds. The molecule has 1 aliphatic carbocycles. The van der Waals surface area contributed by atoms with Gasteiger partial charge in [-0.3, -0.25) is 0 Å². The van der Waals surface area contributed by atoms with Gasteiger partial charge in [0.1, 0.15) is 0 Å². The molecular weight excluding hydrogens is 346 g/mol. The molecule has 1 aromatic heterocycles. The van der Waals surface area contributed by atoms with Crippen molar-refractivity contribution < 1.29 is 4.57 Å². The van der Waals surface area contributed by atoms with E-state index in [-0.39, 0.29) is 0 Å². The van der Waals surface area contributed by atoms with E-state index in [9.17, 15) is 0 Å². The van der Waals surface area contributed by atoms with E-state index >= 15 is 0 Å². The number of rotatable bonds is 3. The van der Waals surface area contributed by atoms with Gasteiger partial charge in [0.05, 0.1) is 10.4 Å². The molecule has 1 saturated carbocycles. The van der Waals surface area contributed by atoms with Crippen LogP contribution in [-0.4, -0.2) is 0 Å². The van der Waals surface area contributed by atoms with Crippen LogP contribution >= 0.6 is 11.3 Å². The second-order valence-electron chi connectivity index (χ2n) is 8.08. The molecule has 3 aromatic rings. The van der Waals surface area contributed by atoms with Crippen LogP contribution in [0.1, 0.15) is 65.3 Å². The van der Waals surface area contributed by atoms with E-state index in [0.29, 0.717) is 0 Å². The second kappa shape index (κ2) is 7.59. The van der Waals surface area contributed by atoms with Gasteiger partial charge in [-0.15, -0.1) is 4.57 Å². The molecule has 1 aliphatic rings. The van der Waals surface area contributed by atoms with Crippen LogP contribution in [0.3, 0.4) is 0 Å². The first-order chi connectivity index (χ1) is 13.1. The van der Waals surface area contributed by atoms with Gasteiger partial charge in [-0.25, -0.2) is 0 Å². The third-order valence-corrected chi connectivity index (χ3v) is 7.56. The van der Waals surface area contributed by atoms with Crippen molar-refractivity contribution >= 4 is 11.3 Å². The molecule has 0 spiro atoms. The van der Waals surface area contributed by atoms with Crippen LogP contribution in [0.4, 0.5) is 0 Å². The lowest BCUT2D eigenvalue weighted by atomic mass is 9.87. The van der Waals surface area contributed by atoms with Gasteiger partial charge < -0.3 is 0 Å². The zero-order valence-electron chi connectivity index (χ0n) is 17.0. The van der Waals surface area contributed by atoms with Crippen molar-refractivity contribution in [3.8, 4) is 16.3 Å². The van der Waals surface area contributed by atoms with Crippen molar-refractivity contribution in [3.05, 3.63) is 69.7 Å². The molecule has 0 atom stereocenters. The number of thiazole rings is 1. The second-order valence-corrected chi connectivity index (χ2v) is 9.11. The van der Waals surface area contributed by atoms with E-state index in [2.05, 4.69) is 74.7 Å². The number of nitrogens with zero attached hydrogens (tertiary/aromatic N) is 1. The summed E-state index contributed by atoms with van der Waals surface area (Å²) >= 11 is 2.04. The predicted molar refractivity (Wildman–Crippen MR) is 116 cm³/mol. The number of para-hydroxylation sites is 1. The minimum Gasteiger partial charge on any atom is -0.147 e. The number of aryl methyl sites for hydroxylation is 3. The molecule has 0 radical (unpaired) electrons. The summed E-state index contributed by atoms with van der Waals surface area (Å²) in [6.45, 7) is 9.07. The van der Waals surface area contributed by atoms with Gasteiger partial charge in [0.2, 0.25) is 5.69 Å². The zero-order chi connectivity index (χ0) is 19.0. The Bertz CT molecular complexity index is 940. The lowest BCUT2D eigenvalue weighted by Gasteiger charge is -2.19. The Morgan fingerprint density at radius 2 is 1.41 bits per heavy atom. The molecular formula is C25H30NS+. The summed E-state index contributed by atoms with van der Waals surface area (Å²) in [4.78, 5) is 1.61. The van der Waals surface area contributed by atoms with Crippen molar-refractivity contribution in [1.29, 1.82) is 0 Å². The molecule has 1 nitrogen and oxygen atoms in total. The number of hydrogen-bond donors (Lipinski definition) is 0. The summed E-state index contributed by atoms with van der Waals surface area (Å²) in [5.74, 6) is 0.733. The highest BCUT2D eigenvalue weighted by Gasteiger charge is 2.33. The van der Waals surface area contributed by atoms with Crippen molar-refractivity contribution in [2.24, 2.45) is 0 Å². The minimum atomic E-state index is 0.733. The van der Waals surface area contributed by atoms with Crippen LogP contribution in [0, 0.1) is 27.7 Å². The van der Waals surface area contributed by atoms with Crippen molar-refractivity contribution in [1.82, 2.24) is 0 Å². The topological polar surface area (TPSA) is 3.88 Å². The number of aromatic nitrogens is 1. The Labute approximate surface area is 167 Å². The Morgan fingerprint density at radius 1 is 0.778 bits per heavy atom. The molecule has 0 N–H and O–H groups in total. The van der Waals surface area contributed by atoms with Gasteiger partial charge in [-0.1, -0.05) is 67.0 Å². The quantitative estimate of drug-likeness (QED) is 0.434. The summed E-state index contributed by atoms with van der Waals surface area (Å²) in [5, 5.41) is 1.40. The zero-order valence-corrected chi connectivity index (χ0v) is 17.8. The first-order valence-electron chi connectivity index (χ1n) is 10.3. The average molecular weight is 377 g/mol. The van der Waals surface area contributed by atoms with E-state index in [0.717, 1.165) is 5.92 Å². The predicted octanol–water partition coefficient (Wildman–Crippen LogP) is 6.97. The summed E-state index contributed by atoms with van der Waals surface area (Å²) in [6, 6.07) is 15.5. The smallest absolute Gasteiger partial charge is 0.147 e. The maximum Gasteiger partial charge on any atom is 0.275 e. The summed E-state index contributed by atoms with van der Waals surface area (Å²) in [7, 11) is 0. The van der Waals surface area contributed by atoms with Crippen LogP contribution in [0.25, 0.3) is 16.3 Å². The third kappa shape index (κ3) is 3.36. The first kappa shape index (κ1) is 18.4. The van der Waals surface area contributed by atoms with Crippen LogP contribution in [0.5, 0.6) is 0 Å². The summed E-state index contributed by atoms with van der Waals surface area (Å²) < 4.78 is 2.54. The Morgan fingerprint density at radius 3 is 2.07 bits per heavy atom. The molecule has 1 fully saturated rings. The highest BCUT2D eigenvalue weighted by molar-refractivity contribution is 7.14. The maximum absolute atomic E-state index is 2.54. The summed E-state index contributed by atoms with van der Waals surface area (Å²) in [6.07, 6.45) is 6.86. The highest BCUT2D eigenvalue weighted by atomic mass is 32.1. The van der Waals surface area contributed by atoms with Gasteiger partial charge >= 0.3 is 0 Å². The molecule has 0 bridgehead atoms. The molecule has 0 saturated heterocycles. The third-order valence-electron chi connectivity index (χ3n) is 6.13. The van der Waals surface area contributed by atoms with Crippen molar-refractivity contribution in [2.75, 3.05) is 0 Å². The molecule has 27 heavy (non-hydrogen) atoms.